The largest absolute Gasteiger partial charge is 0.382 e. The summed E-state index contributed by atoms with van der Waals surface area (Å²) in [5.74, 6) is 2.34. The summed E-state index contributed by atoms with van der Waals surface area (Å²) in [5, 5.41) is 6.48. The van der Waals surface area contributed by atoms with E-state index in [4.69, 9.17) is 0 Å². The molecule has 2 rings (SSSR count). The molecule has 104 valence electrons. The maximum absolute atomic E-state index is 12.4. The van der Waals surface area contributed by atoms with Gasteiger partial charge >= 0.3 is 0 Å². The van der Waals surface area contributed by atoms with Gasteiger partial charge in [0.15, 0.2) is 0 Å². The molecular formula is C15H22N2OS. The third-order valence-corrected chi connectivity index (χ3v) is 4.22. The molecule has 1 heterocycles. The first-order chi connectivity index (χ1) is 9.16. The second kappa shape index (κ2) is 6.85. The Kier molecular flexibility index (Phi) is 5.14. The molecule has 0 unspecified atom stereocenters. The Morgan fingerprint density at radius 2 is 1.95 bits per heavy atom. The van der Waals surface area contributed by atoms with Crippen molar-refractivity contribution in [1.82, 2.24) is 5.32 Å². The SMILES string of the molecule is CC(C)Nc1ccccc1C(=O)NC1CCSCC1. The molecule has 1 fully saturated rings. The predicted molar refractivity (Wildman–Crippen MR) is 83.0 cm³/mol. The van der Waals surface area contributed by atoms with E-state index in [0.717, 1.165) is 35.6 Å². The topological polar surface area (TPSA) is 41.1 Å². The van der Waals surface area contributed by atoms with Crippen LogP contribution < -0.4 is 10.6 Å². The molecule has 1 amide bonds. The van der Waals surface area contributed by atoms with Crippen molar-refractivity contribution in [2.45, 2.75) is 38.8 Å². The van der Waals surface area contributed by atoms with Gasteiger partial charge < -0.3 is 10.6 Å². The van der Waals surface area contributed by atoms with Gasteiger partial charge in [-0.25, -0.2) is 0 Å². The normalized spacial score (nSPS) is 16.4. The third-order valence-electron chi connectivity index (χ3n) is 3.17. The van der Waals surface area contributed by atoms with Crippen molar-refractivity contribution in [3.63, 3.8) is 0 Å². The standard InChI is InChI=1S/C15H22N2OS/c1-11(2)16-14-6-4-3-5-13(14)15(18)17-12-7-9-19-10-8-12/h3-6,11-12,16H,7-10H2,1-2H3,(H,17,18). The van der Waals surface area contributed by atoms with Crippen LogP contribution in [0.2, 0.25) is 0 Å². The number of nitrogens with one attached hydrogen (secondary N) is 2. The summed E-state index contributed by atoms with van der Waals surface area (Å²) in [6, 6.07) is 8.37. The van der Waals surface area contributed by atoms with Crippen LogP contribution in [0.25, 0.3) is 0 Å². The van der Waals surface area contributed by atoms with Crippen molar-refractivity contribution in [3.05, 3.63) is 29.8 Å². The maximum atomic E-state index is 12.4. The summed E-state index contributed by atoms with van der Waals surface area (Å²) in [7, 11) is 0. The Bertz CT molecular complexity index is 428. The van der Waals surface area contributed by atoms with Crippen molar-refractivity contribution >= 4 is 23.4 Å². The van der Waals surface area contributed by atoms with E-state index in [-0.39, 0.29) is 5.91 Å². The lowest BCUT2D eigenvalue weighted by Crippen LogP contribution is -2.37. The highest BCUT2D eigenvalue weighted by molar-refractivity contribution is 7.99. The fourth-order valence-electron chi connectivity index (χ4n) is 2.22. The van der Waals surface area contributed by atoms with E-state index in [2.05, 4.69) is 24.5 Å². The zero-order valence-corrected chi connectivity index (χ0v) is 12.4. The summed E-state index contributed by atoms with van der Waals surface area (Å²) >= 11 is 1.97. The fraction of sp³-hybridized carbons (Fsp3) is 0.533. The quantitative estimate of drug-likeness (QED) is 0.889. The molecule has 0 saturated carbocycles. The number of hydrogen-bond donors (Lipinski definition) is 2. The van der Waals surface area contributed by atoms with Gasteiger partial charge in [0.1, 0.15) is 0 Å². The zero-order chi connectivity index (χ0) is 13.7. The average Bonchev–Trinajstić information content (AvgIpc) is 2.39. The second-order valence-electron chi connectivity index (χ2n) is 5.20. The van der Waals surface area contributed by atoms with E-state index >= 15 is 0 Å². The Labute approximate surface area is 119 Å². The monoisotopic (exact) mass is 278 g/mol. The molecule has 1 aromatic carbocycles. The molecule has 0 aromatic heterocycles. The Morgan fingerprint density at radius 1 is 1.26 bits per heavy atom. The first-order valence-electron chi connectivity index (χ1n) is 6.91. The van der Waals surface area contributed by atoms with Gasteiger partial charge in [-0.1, -0.05) is 12.1 Å². The number of rotatable bonds is 4. The van der Waals surface area contributed by atoms with Crippen LogP contribution in [-0.4, -0.2) is 29.5 Å². The number of thioether (sulfide) groups is 1. The summed E-state index contributed by atoms with van der Waals surface area (Å²) in [5.41, 5.74) is 1.66. The molecule has 1 aliphatic rings. The predicted octanol–water partition coefficient (Wildman–Crippen LogP) is 3.13. The van der Waals surface area contributed by atoms with Gasteiger partial charge in [-0.05, 0) is 50.3 Å². The van der Waals surface area contributed by atoms with Crippen LogP contribution in [0.3, 0.4) is 0 Å². The van der Waals surface area contributed by atoms with Gasteiger partial charge in [0, 0.05) is 17.8 Å². The Balaban J connectivity index is 2.05. The fourth-order valence-corrected chi connectivity index (χ4v) is 3.33. The molecular weight excluding hydrogens is 256 g/mol. The minimum atomic E-state index is 0.0423. The van der Waals surface area contributed by atoms with E-state index in [1.165, 1.54) is 0 Å². The van der Waals surface area contributed by atoms with E-state index in [0.29, 0.717) is 12.1 Å². The lowest BCUT2D eigenvalue weighted by Gasteiger charge is -2.23. The van der Waals surface area contributed by atoms with Gasteiger partial charge in [-0.15, -0.1) is 0 Å². The highest BCUT2D eigenvalue weighted by Crippen LogP contribution is 2.19. The smallest absolute Gasteiger partial charge is 0.253 e. The van der Waals surface area contributed by atoms with Gasteiger partial charge in [0.05, 0.1) is 5.56 Å². The molecule has 1 aromatic rings. The number of carbonyl (C=O) groups is 1. The molecule has 1 saturated heterocycles. The maximum Gasteiger partial charge on any atom is 0.253 e. The minimum Gasteiger partial charge on any atom is -0.382 e. The number of amides is 1. The second-order valence-corrected chi connectivity index (χ2v) is 6.43. The van der Waals surface area contributed by atoms with Gasteiger partial charge in [-0.3, -0.25) is 4.79 Å². The molecule has 0 atom stereocenters. The van der Waals surface area contributed by atoms with Crippen LogP contribution in [0, 0.1) is 0 Å². The first kappa shape index (κ1) is 14.3. The van der Waals surface area contributed by atoms with Crippen molar-refractivity contribution in [3.8, 4) is 0 Å². The lowest BCUT2D eigenvalue weighted by molar-refractivity contribution is 0.0935. The highest BCUT2D eigenvalue weighted by atomic mass is 32.2. The lowest BCUT2D eigenvalue weighted by atomic mass is 10.1. The highest BCUT2D eigenvalue weighted by Gasteiger charge is 2.18. The summed E-state index contributed by atoms with van der Waals surface area (Å²) in [6.07, 6.45) is 2.16. The Hall–Kier alpha value is -1.16. The van der Waals surface area contributed by atoms with Crippen LogP contribution in [0.1, 0.15) is 37.0 Å². The van der Waals surface area contributed by atoms with E-state index in [1.807, 2.05) is 36.0 Å². The van der Waals surface area contributed by atoms with Crippen molar-refractivity contribution in [2.75, 3.05) is 16.8 Å². The molecule has 0 aliphatic carbocycles. The first-order valence-corrected chi connectivity index (χ1v) is 8.06. The summed E-state index contributed by atoms with van der Waals surface area (Å²) < 4.78 is 0. The van der Waals surface area contributed by atoms with E-state index in [9.17, 15) is 4.79 Å². The van der Waals surface area contributed by atoms with Crippen LogP contribution in [0.5, 0.6) is 0 Å². The molecule has 3 nitrogen and oxygen atoms in total. The van der Waals surface area contributed by atoms with Crippen LogP contribution in [0.4, 0.5) is 5.69 Å². The molecule has 0 bridgehead atoms. The van der Waals surface area contributed by atoms with Crippen molar-refractivity contribution in [1.29, 1.82) is 0 Å². The number of benzene rings is 1. The molecule has 19 heavy (non-hydrogen) atoms. The number of para-hydroxylation sites is 1. The van der Waals surface area contributed by atoms with Gasteiger partial charge in [0.25, 0.3) is 5.91 Å². The van der Waals surface area contributed by atoms with Gasteiger partial charge in [0.2, 0.25) is 0 Å². The third kappa shape index (κ3) is 4.16. The minimum absolute atomic E-state index is 0.0423. The molecule has 4 heteroatoms. The number of carbonyl (C=O) groups excluding carboxylic acids is 1. The number of hydrogen-bond acceptors (Lipinski definition) is 3. The summed E-state index contributed by atoms with van der Waals surface area (Å²) in [6.45, 7) is 4.15. The van der Waals surface area contributed by atoms with E-state index < -0.39 is 0 Å². The molecule has 1 aliphatic heterocycles. The van der Waals surface area contributed by atoms with Gasteiger partial charge in [-0.2, -0.15) is 11.8 Å². The average molecular weight is 278 g/mol. The zero-order valence-electron chi connectivity index (χ0n) is 11.6. The van der Waals surface area contributed by atoms with Crippen LogP contribution >= 0.6 is 11.8 Å². The van der Waals surface area contributed by atoms with Crippen molar-refractivity contribution in [2.24, 2.45) is 0 Å². The Morgan fingerprint density at radius 3 is 2.63 bits per heavy atom. The van der Waals surface area contributed by atoms with Crippen LogP contribution in [0.15, 0.2) is 24.3 Å². The molecule has 0 spiro atoms. The number of anilines is 1. The molecule has 2 N–H and O–H groups in total. The van der Waals surface area contributed by atoms with Crippen molar-refractivity contribution < 1.29 is 4.79 Å². The van der Waals surface area contributed by atoms with E-state index in [1.54, 1.807) is 0 Å². The molecule has 0 radical (unpaired) electrons. The summed E-state index contributed by atoms with van der Waals surface area (Å²) in [4.78, 5) is 12.4. The van der Waals surface area contributed by atoms with Crippen LogP contribution in [-0.2, 0) is 0 Å².